The Morgan fingerprint density at radius 3 is 2.34 bits per heavy atom. The molecule has 1 aromatic heterocycles. The zero-order chi connectivity index (χ0) is 25.2. The van der Waals surface area contributed by atoms with Crippen molar-refractivity contribution < 1.29 is 18.0 Å². The van der Waals surface area contributed by atoms with E-state index < -0.39 is 24.9 Å². The predicted octanol–water partition coefficient (Wildman–Crippen LogP) is 5.47. The van der Waals surface area contributed by atoms with Crippen molar-refractivity contribution in [2.24, 2.45) is 0 Å². The van der Waals surface area contributed by atoms with Crippen LogP contribution in [0.2, 0.25) is 0 Å². The highest BCUT2D eigenvalue weighted by atomic mass is 19.4. The van der Waals surface area contributed by atoms with Crippen molar-refractivity contribution in [2.45, 2.75) is 102 Å². The van der Waals surface area contributed by atoms with Crippen molar-refractivity contribution >= 4 is 5.91 Å². The van der Waals surface area contributed by atoms with E-state index in [4.69, 9.17) is 0 Å². The van der Waals surface area contributed by atoms with Crippen molar-refractivity contribution in [3.63, 3.8) is 0 Å². The fraction of sp³-hybridized carbons (Fsp3) is 0.654. The molecular formula is C26H36F3N5O. The SMILES string of the molecule is Cc1nnc(C(C)C)n1C1C[C@@H]2CC[C@@H](C1)N2CC[C@H](NC(=O)CCC(F)(F)F)c1ccccc1. The number of piperidine rings is 1. The highest BCUT2D eigenvalue weighted by Crippen LogP contribution is 2.42. The van der Waals surface area contributed by atoms with Gasteiger partial charge in [-0.3, -0.25) is 9.69 Å². The molecule has 4 rings (SSSR count). The number of nitrogens with one attached hydrogen (secondary N) is 1. The van der Waals surface area contributed by atoms with Gasteiger partial charge in [-0.1, -0.05) is 44.2 Å². The molecule has 2 aromatic rings. The molecule has 3 atom stereocenters. The van der Waals surface area contributed by atoms with Crippen LogP contribution in [0.25, 0.3) is 0 Å². The minimum Gasteiger partial charge on any atom is -0.349 e. The zero-order valence-electron chi connectivity index (χ0n) is 20.8. The summed E-state index contributed by atoms with van der Waals surface area (Å²) >= 11 is 0. The monoisotopic (exact) mass is 491 g/mol. The van der Waals surface area contributed by atoms with Crippen LogP contribution in [0, 0.1) is 6.92 Å². The topological polar surface area (TPSA) is 63.1 Å². The molecule has 3 heterocycles. The maximum absolute atomic E-state index is 12.6. The number of hydrogen-bond donors (Lipinski definition) is 1. The summed E-state index contributed by atoms with van der Waals surface area (Å²) < 4.78 is 40.1. The Morgan fingerprint density at radius 2 is 1.74 bits per heavy atom. The van der Waals surface area contributed by atoms with Crippen LogP contribution in [0.5, 0.6) is 0 Å². The molecule has 9 heteroatoms. The molecule has 2 saturated heterocycles. The van der Waals surface area contributed by atoms with Gasteiger partial charge in [-0.2, -0.15) is 13.2 Å². The molecule has 0 saturated carbocycles. The highest BCUT2D eigenvalue weighted by molar-refractivity contribution is 5.76. The van der Waals surface area contributed by atoms with Crippen LogP contribution in [-0.4, -0.2) is 50.4 Å². The summed E-state index contributed by atoms with van der Waals surface area (Å²) in [5, 5.41) is 11.6. The fourth-order valence-corrected chi connectivity index (χ4v) is 5.86. The Morgan fingerprint density at radius 1 is 1.09 bits per heavy atom. The minimum absolute atomic E-state index is 0.304. The first kappa shape index (κ1) is 25.7. The maximum Gasteiger partial charge on any atom is 0.389 e. The summed E-state index contributed by atoms with van der Waals surface area (Å²) in [6.45, 7) is 7.13. The molecule has 2 aliphatic heterocycles. The number of aromatic nitrogens is 3. The first-order chi connectivity index (χ1) is 16.6. The lowest BCUT2D eigenvalue weighted by Crippen LogP contribution is -2.45. The van der Waals surface area contributed by atoms with Crippen LogP contribution >= 0.6 is 0 Å². The van der Waals surface area contributed by atoms with Gasteiger partial charge in [0.05, 0.1) is 12.5 Å². The van der Waals surface area contributed by atoms with E-state index in [1.165, 1.54) is 0 Å². The summed E-state index contributed by atoms with van der Waals surface area (Å²) in [5.41, 5.74) is 0.928. The third-order valence-corrected chi connectivity index (χ3v) is 7.48. The summed E-state index contributed by atoms with van der Waals surface area (Å²) in [7, 11) is 0. The van der Waals surface area contributed by atoms with Gasteiger partial charge in [0, 0.05) is 37.0 Å². The van der Waals surface area contributed by atoms with E-state index in [2.05, 4.69) is 38.8 Å². The average molecular weight is 492 g/mol. The Kier molecular flexibility index (Phi) is 7.83. The molecule has 0 spiro atoms. The van der Waals surface area contributed by atoms with Crippen molar-refractivity contribution in [3.8, 4) is 0 Å². The molecule has 0 aliphatic carbocycles. The number of benzene rings is 1. The Bertz CT molecular complexity index is 977. The van der Waals surface area contributed by atoms with Crippen LogP contribution in [0.1, 0.15) is 94.0 Å². The Balaban J connectivity index is 1.41. The fourth-order valence-electron chi connectivity index (χ4n) is 5.86. The number of carbonyl (C=O) groups excluding carboxylic acids is 1. The van der Waals surface area contributed by atoms with Gasteiger partial charge in [-0.25, -0.2) is 0 Å². The van der Waals surface area contributed by atoms with Crippen LogP contribution in [0.15, 0.2) is 30.3 Å². The third kappa shape index (κ3) is 6.23. The van der Waals surface area contributed by atoms with E-state index in [-0.39, 0.29) is 6.04 Å². The average Bonchev–Trinajstić information content (AvgIpc) is 3.31. The lowest BCUT2D eigenvalue weighted by Gasteiger charge is -2.40. The number of carbonyl (C=O) groups is 1. The number of halogens is 3. The van der Waals surface area contributed by atoms with Crippen molar-refractivity contribution in [2.75, 3.05) is 6.54 Å². The Labute approximate surface area is 205 Å². The quantitative estimate of drug-likeness (QED) is 0.505. The van der Waals surface area contributed by atoms with E-state index in [1.807, 2.05) is 37.3 Å². The first-order valence-corrected chi connectivity index (χ1v) is 12.7. The summed E-state index contributed by atoms with van der Waals surface area (Å²) in [6.07, 6.45) is -0.921. The van der Waals surface area contributed by atoms with Gasteiger partial charge < -0.3 is 9.88 Å². The minimum atomic E-state index is -4.33. The van der Waals surface area contributed by atoms with Crippen LogP contribution < -0.4 is 5.32 Å². The molecular weight excluding hydrogens is 455 g/mol. The van der Waals surface area contributed by atoms with E-state index in [9.17, 15) is 18.0 Å². The molecule has 0 radical (unpaired) electrons. The van der Waals surface area contributed by atoms with Gasteiger partial charge in [0.1, 0.15) is 11.6 Å². The molecule has 2 bridgehead atoms. The van der Waals surface area contributed by atoms with Gasteiger partial charge >= 0.3 is 6.18 Å². The number of amides is 1. The number of rotatable bonds is 9. The van der Waals surface area contributed by atoms with Gasteiger partial charge in [-0.15, -0.1) is 10.2 Å². The second kappa shape index (κ2) is 10.7. The summed E-state index contributed by atoms with van der Waals surface area (Å²) in [5.74, 6) is 1.78. The van der Waals surface area contributed by atoms with Crippen molar-refractivity contribution in [1.82, 2.24) is 25.0 Å². The first-order valence-electron chi connectivity index (χ1n) is 12.7. The molecule has 2 fully saturated rings. The highest BCUT2D eigenvalue weighted by Gasteiger charge is 2.42. The summed E-state index contributed by atoms with van der Waals surface area (Å²) in [4.78, 5) is 14.9. The number of alkyl halides is 3. The molecule has 1 amide bonds. The summed E-state index contributed by atoms with van der Waals surface area (Å²) in [6, 6.07) is 10.5. The van der Waals surface area contributed by atoms with E-state index in [1.54, 1.807) is 0 Å². The van der Waals surface area contributed by atoms with Gasteiger partial charge in [-0.05, 0) is 44.6 Å². The van der Waals surface area contributed by atoms with Gasteiger partial charge in [0.25, 0.3) is 0 Å². The lowest BCUT2D eigenvalue weighted by atomic mass is 9.95. The van der Waals surface area contributed by atoms with E-state index in [0.717, 1.165) is 49.4 Å². The molecule has 1 N–H and O–H groups in total. The standard InChI is InChI=1S/C26H36F3N5O/c1-17(2)25-32-31-18(3)34(25)22-15-20-9-10-21(16-22)33(20)14-12-23(19-7-5-4-6-8-19)30-24(35)11-13-26(27,28)29/h4-8,17,20-23H,9-16H2,1-3H3,(H,30,35)/t20-,21-,23-/m0/s1. The molecule has 35 heavy (non-hydrogen) atoms. The molecule has 6 nitrogen and oxygen atoms in total. The smallest absolute Gasteiger partial charge is 0.349 e. The molecule has 192 valence electrons. The van der Waals surface area contributed by atoms with E-state index >= 15 is 0 Å². The third-order valence-electron chi connectivity index (χ3n) is 7.48. The van der Waals surface area contributed by atoms with E-state index in [0.29, 0.717) is 30.5 Å². The zero-order valence-corrected chi connectivity index (χ0v) is 20.8. The molecule has 1 aromatic carbocycles. The number of nitrogens with zero attached hydrogens (tertiary/aromatic N) is 4. The van der Waals surface area contributed by atoms with Gasteiger partial charge in [0.2, 0.25) is 5.91 Å². The second-order valence-corrected chi connectivity index (χ2v) is 10.3. The lowest BCUT2D eigenvalue weighted by molar-refractivity contribution is -0.144. The van der Waals surface area contributed by atoms with Crippen LogP contribution in [0.3, 0.4) is 0 Å². The normalized spacial score (nSPS) is 23.6. The number of aryl methyl sites for hydroxylation is 1. The predicted molar refractivity (Wildman–Crippen MR) is 128 cm³/mol. The van der Waals surface area contributed by atoms with Crippen LogP contribution in [0.4, 0.5) is 13.2 Å². The number of hydrogen-bond acceptors (Lipinski definition) is 4. The van der Waals surface area contributed by atoms with Crippen LogP contribution in [-0.2, 0) is 4.79 Å². The van der Waals surface area contributed by atoms with Gasteiger partial charge in [0.15, 0.2) is 0 Å². The molecule has 2 aliphatic rings. The maximum atomic E-state index is 12.6. The number of fused-ring (bicyclic) bond motifs is 2. The largest absolute Gasteiger partial charge is 0.389 e. The van der Waals surface area contributed by atoms with Crippen molar-refractivity contribution in [1.29, 1.82) is 0 Å². The molecule has 0 unspecified atom stereocenters. The Hall–Kier alpha value is -2.42. The van der Waals surface area contributed by atoms with Crippen molar-refractivity contribution in [3.05, 3.63) is 47.5 Å². The second-order valence-electron chi connectivity index (χ2n) is 10.3.